The largest absolute Gasteiger partial charge is 0.508 e. The number of hydrogen-bond acceptors (Lipinski definition) is 7. The molecule has 3 heterocycles. The number of rotatable bonds is 12. The summed E-state index contributed by atoms with van der Waals surface area (Å²) in [6.45, 7) is 7.78. The fraction of sp³-hybridized carbons (Fsp3) is 0.314. The number of aromatic hydroxyl groups is 1. The summed E-state index contributed by atoms with van der Waals surface area (Å²) in [6.07, 6.45) is 4.51. The maximum Gasteiger partial charge on any atom is 0.246 e. The van der Waals surface area contributed by atoms with Crippen molar-refractivity contribution in [2.24, 2.45) is 11.5 Å². The van der Waals surface area contributed by atoms with Crippen LogP contribution in [0.25, 0.3) is 10.9 Å². The summed E-state index contributed by atoms with van der Waals surface area (Å²) in [5, 5.41) is 16.4. The number of nitrogens with two attached hydrogens (primary N) is 2. The monoisotopic (exact) mass is 640 g/mol. The van der Waals surface area contributed by atoms with Crippen LogP contribution < -0.4 is 22.1 Å². The zero-order valence-corrected chi connectivity index (χ0v) is 26.4. The molecule has 47 heavy (non-hydrogen) atoms. The molecule has 0 unspecified atom stereocenters. The summed E-state index contributed by atoms with van der Waals surface area (Å²) in [7, 11) is 0. The molecule has 5 rings (SSSR count). The van der Waals surface area contributed by atoms with E-state index < -0.39 is 41.9 Å². The van der Waals surface area contributed by atoms with Crippen molar-refractivity contribution in [1.82, 2.24) is 20.5 Å². The van der Waals surface area contributed by atoms with Gasteiger partial charge < -0.3 is 41.5 Å². The Hall–Kier alpha value is -5.36. The molecule has 12 nitrogen and oxygen atoms in total. The fourth-order valence-corrected chi connectivity index (χ4v) is 6.28. The lowest BCUT2D eigenvalue weighted by Crippen LogP contribution is -2.56. The van der Waals surface area contributed by atoms with Crippen molar-refractivity contribution in [3.63, 3.8) is 0 Å². The molecule has 1 saturated heterocycles. The third-order valence-corrected chi connectivity index (χ3v) is 8.77. The Labute approximate surface area is 272 Å². The van der Waals surface area contributed by atoms with Gasteiger partial charge >= 0.3 is 0 Å². The number of para-hydroxylation sites is 1. The number of fused-ring (bicyclic) bond motifs is 1. The molecule has 0 saturated carbocycles. The van der Waals surface area contributed by atoms with Crippen molar-refractivity contribution in [3.8, 4) is 5.75 Å². The Bertz CT molecular complexity index is 1790. The number of phenolic OH excluding ortho intramolecular Hbond substituents is 1. The first-order chi connectivity index (χ1) is 22.4. The van der Waals surface area contributed by atoms with Gasteiger partial charge in [-0.1, -0.05) is 24.8 Å². The molecule has 8 N–H and O–H groups in total. The van der Waals surface area contributed by atoms with Gasteiger partial charge in [0, 0.05) is 35.6 Å². The number of primary amides is 1. The van der Waals surface area contributed by atoms with E-state index in [9.17, 15) is 24.3 Å². The first-order valence-electron chi connectivity index (χ1n) is 15.5. The van der Waals surface area contributed by atoms with Gasteiger partial charge in [0.1, 0.15) is 29.6 Å². The molecule has 246 valence electrons. The number of benzene rings is 2. The van der Waals surface area contributed by atoms with E-state index in [0.29, 0.717) is 19.4 Å². The topological polar surface area (TPSA) is 197 Å². The van der Waals surface area contributed by atoms with Gasteiger partial charge in [-0.15, -0.1) is 0 Å². The molecular weight excluding hydrogens is 600 g/mol. The highest BCUT2D eigenvalue weighted by molar-refractivity contribution is 5.96. The van der Waals surface area contributed by atoms with E-state index in [2.05, 4.69) is 22.2 Å². The first kappa shape index (κ1) is 33.0. The quantitative estimate of drug-likeness (QED) is 0.128. The van der Waals surface area contributed by atoms with Crippen LogP contribution in [0, 0.1) is 13.8 Å². The number of furan rings is 1. The van der Waals surface area contributed by atoms with Crippen LogP contribution in [0.2, 0.25) is 0 Å². The van der Waals surface area contributed by atoms with E-state index in [-0.39, 0.29) is 35.8 Å². The number of aryl methyl sites for hydroxylation is 2. The number of phenols is 1. The predicted octanol–water partition coefficient (Wildman–Crippen LogP) is 2.57. The number of aromatic nitrogens is 1. The summed E-state index contributed by atoms with van der Waals surface area (Å²) < 4.78 is 5.46. The molecule has 1 aliphatic heterocycles. The minimum atomic E-state index is -1.10. The van der Waals surface area contributed by atoms with Crippen LogP contribution in [-0.2, 0) is 32.0 Å². The van der Waals surface area contributed by atoms with Crippen molar-refractivity contribution < 1.29 is 28.7 Å². The van der Waals surface area contributed by atoms with Crippen molar-refractivity contribution >= 4 is 34.5 Å². The average Bonchev–Trinajstić information content (AvgIpc) is 3.82. The lowest BCUT2D eigenvalue weighted by Gasteiger charge is -2.29. The zero-order valence-electron chi connectivity index (χ0n) is 26.4. The SMILES string of the molecule is C=C(C(N)=O)[C@@H](NC(=O)[C@H](Cc1c[nH]c2ccccc12)NC(=O)[C@@H]1CCCN1C(=O)[C@@H](N)Cc1c(C)cc(O)cc1C)c1ccco1. The second-order valence-corrected chi connectivity index (χ2v) is 12.0. The third kappa shape index (κ3) is 7.23. The number of nitrogens with zero attached hydrogens (tertiary/aromatic N) is 1. The maximum absolute atomic E-state index is 13.9. The summed E-state index contributed by atoms with van der Waals surface area (Å²) >= 11 is 0. The summed E-state index contributed by atoms with van der Waals surface area (Å²) in [5.41, 5.74) is 16.0. The normalized spacial score (nSPS) is 16.4. The van der Waals surface area contributed by atoms with Crippen LogP contribution in [0.15, 0.2) is 77.6 Å². The van der Waals surface area contributed by atoms with E-state index in [1.54, 1.807) is 30.5 Å². The zero-order chi connectivity index (χ0) is 33.8. The van der Waals surface area contributed by atoms with Crippen LogP contribution in [0.4, 0.5) is 0 Å². The molecule has 4 aromatic rings. The van der Waals surface area contributed by atoms with E-state index in [4.69, 9.17) is 15.9 Å². The number of H-pyrrole nitrogens is 1. The molecule has 2 aromatic carbocycles. The smallest absolute Gasteiger partial charge is 0.246 e. The van der Waals surface area contributed by atoms with E-state index in [1.807, 2.05) is 38.1 Å². The number of carbonyl (C=O) groups excluding carboxylic acids is 4. The third-order valence-electron chi connectivity index (χ3n) is 8.77. The van der Waals surface area contributed by atoms with Crippen LogP contribution >= 0.6 is 0 Å². The number of hydrogen-bond donors (Lipinski definition) is 6. The van der Waals surface area contributed by atoms with Crippen molar-refractivity contribution in [2.45, 2.75) is 63.7 Å². The summed E-state index contributed by atoms with van der Waals surface area (Å²) in [5.74, 6) is -1.90. The molecule has 0 radical (unpaired) electrons. The van der Waals surface area contributed by atoms with E-state index in [1.165, 1.54) is 11.2 Å². The molecule has 4 amide bonds. The number of likely N-dealkylation sites (tertiary alicyclic amines) is 1. The Kier molecular flexibility index (Phi) is 9.80. The molecular formula is C35H40N6O6. The second-order valence-electron chi connectivity index (χ2n) is 12.0. The van der Waals surface area contributed by atoms with Crippen molar-refractivity contribution in [3.05, 3.63) is 101 Å². The lowest BCUT2D eigenvalue weighted by molar-refractivity contribution is -0.140. The molecule has 1 aliphatic rings. The van der Waals surface area contributed by atoms with Gasteiger partial charge in [0.15, 0.2) is 0 Å². The molecule has 0 bridgehead atoms. The van der Waals surface area contributed by atoms with Gasteiger partial charge in [-0.3, -0.25) is 19.2 Å². The number of nitrogens with one attached hydrogen (secondary N) is 3. The Balaban J connectivity index is 1.37. The first-order valence-corrected chi connectivity index (χ1v) is 15.5. The second kappa shape index (κ2) is 14.0. The van der Waals surface area contributed by atoms with E-state index >= 15 is 0 Å². The van der Waals surface area contributed by atoms with Gasteiger partial charge in [-0.2, -0.15) is 0 Å². The lowest BCUT2D eigenvalue weighted by atomic mass is 9.95. The van der Waals surface area contributed by atoms with Crippen LogP contribution in [-0.4, -0.2) is 63.3 Å². The molecule has 2 aromatic heterocycles. The molecule has 0 spiro atoms. The van der Waals surface area contributed by atoms with Gasteiger partial charge in [-0.05, 0) is 85.7 Å². The standard InChI is InChI=1S/C35H40N6O6/c1-19-14-23(42)15-20(2)25(19)17-26(36)35(46)41-12-6-10-29(41)34(45)39-28(16-22-18-38-27-9-5-4-8-24(22)27)33(44)40-31(21(3)32(37)43)30-11-7-13-47-30/h4-5,7-9,11,13-15,18,26,28-29,31,38,42H,3,6,10,12,16-17,36H2,1-2H3,(H2,37,43)(H,39,45)(H,40,44)/t26-,28-,29-,31+/m0/s1. The van der Waals surface area contributed by atoms with Gasteiger partial charge in [0.2, 0.25) is 23.6 Å². The molecule has 1 fully saturated rings. The number of aromatic amines is 1. The van der Waals surface area contributed by atoms with Crippen LogP contribution in [0.1, 0.15) is 46.9 Å². The summed E-state index contributed by atoms with van der Waals surface area (Å²) in [4.78, 5) is 58.1. The highest BCUT2D eigenvalue weighted by Gasteiger charge is 2.38. The van der Waals surface area contributed by atoms with Crippen LogP contribution in [0.3, 0.4) is 0 Å². The highest BCUT2D eigenvalue weighted by Crippen LogP contribution is 2.26. The van der Waals surface area contributed by atoms with Crippen molar-refractivity contribution in [1.29, 1.82) is 0 Å². The average molecular weight is 641 g/mol. The predicted molar refractivity (Wildman–Crippen MR) is 176 cm³/mol. The number of amides is 4. The summed E-state index contributed by atoms with van der Waals surface area (Å²) in [6, 6.07) is 10.1. The fourth-order valence-electron chi connectivity index (χ4n) is 6.28. The molecule has 0 aliphatic carbocycles. The maximum atomic E-state index is 13.9. The van der Waals surface area contributed by atoms with Crippen LogP contribution in [0.5, 0.6) is 5.75 Å². The van der Waals surface area contributed by atoms with E-state index in [0.717, 1.165) is 33.2 Å². The Morgan fingerprint density at radius 2 is 1.81 bits per heavy atom. The minimum absolute atomic E-state index is 0.0916. The van der Waals surface area contributed by atoms with Gasteiger partial charge in [-0.25, -0.2) is 0 Å². The highest BCUT2D eigenvalue weighted by atomic mass is 16.3. The number of carbonyl (C=O) groups is 4. The van der Waals surface area contributed by atoms with Crippen molar-refractivity contribution in [2.75, 3.05) is 6.54 Å². The Morgan fingerprint density at radius 1 is 1.09 bits per heavy atom. The molecule has 12 heteroatoms. The van der Waals surface area contributed by atoms with Gasteiger partial charge in [0.05, 0.1) is 12.3 Å². The van der Waals surface area contributed by atoms with Gasteiger partial charge in [0.25, 0.3) is 0 Å². The Morgan fingerprint density at radius 3 is 2.49 bits per heavy atom. The minimum Gasteiger partial charge on any atom is -0.508 e. The molecule has 4 atom stereocenters.